The average Bonchev–Trinajstić information content (AvgIpc) is 2.78. The van der Waals surface area contributed by atoms with Crippen LogP contribution in [0.5, 0.6) is 0 Å². The van der Waals surface area contributed by atoms with E-state index in [1.54, 1.807) is 0 Å². The zero-order valence-corrected chi connectivity index (χ0v) is 10.1. The highest BCUT2D eigenvalue weighted by atomic mass is 15.1. The van der Waals surface area contributed by atoms with Crippen molar-refractivity contribution in [2.45, 2.75) is 6.54 Å². The van der Waals surface area contributed by atoms with Crippen LogP contribution in [0, 0.1) is 11.5 Å². The minimum absolute atomic E-state index is 0.946. The van der Waals surface area contributed by atoms with Crippen LogP contribution in [0.4, 0.5) is 0 Å². The summed E-state index contributed by atoms with van der Waals surface area (Å²) in [5, 5.41) is 14.9. The molecule has 18 heavy (non-hydrogen) atoms. The first-order valence-electron chi connectivity index (χ1n) is 5.29. The fraction of sp³-hybridized carbons (Fsp3) is 0.154. The maximum absolute atomic E-state index is 7.43. The maximum atomic E-state index is 7.43. The van der Waals surface area contributed by atoms with Gasteiger partial charge in [0.05, 0.1) is 13.2 Å². The minimum atomic E-state index is 0.946. The van der Waals surface area contributed by atoms with Gasteiger partial charge in [0, 0.05) is 0 Å². The van der Waals surface area contributed by atoms with Crippen molar-refractivity contribution in [1.82, 2.24) is 4.57 Å². The average molecular weight is 239 g/mol. The predicted molar refractivity (Wildman–Crippen MR) is 67.6 cm³/mol. The number of aryl methyl sites for hydroxylation is 1. The molecule has 1 aromatic heterocycles. The fourth-order valence-corrected chi connectivity index (χ4v) is 1.41. The Balaban J connectivity index is 0.000000280. The molecule has 0 saturated carbocycles. The second kappa shape index (κ2) is 7.55. The van der Waals surface area contributed by atoms with Crippen molar-refractivity contribution in [2.24, 2.45) is 12.0 Å². The highest BCUT2D eigenvalue weighted by Crippen LogP contribution is 2.00. The monoisotopic (exact) mass is 239 g/mol. The molecule has 0 fully saturated rings. The molecule has 0 aliphatic rings. The number of nitriles is 1. The molecule has 1 aromatic carbocycles. The van der Waals surface area contributed by atoms with E-state index in [0.29, 0.717) is 0 Å². The van der Waals surface area contributed by atoms with Gasteiger partial charge in [-0.25, -0.2) is 9.13 Å². The van der Waals surface area contributed by atoms with Crippen LogP contribution in [0.15, 0.2) is 54.0 Å². The summed E-state index contributed by atoms with van der Waals surface area (Å²) >= 11 is 0. The van der Waals surface area contributed by atoms with E-state index in [0.717, 1.165) is 6.54 Å². The van der Waals surface area contributed by atoms with Crippen LogP contribution in [0.2, 0.25) is 0 Å². The molecule has 0 aliphatic heterocycles. The lowest BCUT2D eigenvalue weighted by atomic mass is 10.2. The Hall–Kier alpha value is -2.70. The Labute approximate surface area is 106 Å². The van der Waals surface area contributed by atoms with E-state index in [9.17, 15) is 0 Å². The summed E-state index contributed by atoms with van der Waals surface area (Å²) in [6, 6.07) is 11.7. The molecule has 2 aromatic rings. The van der Waals surface area contributed by atoms with Gasteiger partial charge in [0.1, 0.15) is 18.9 Å². The van der Waals surface area contributed by atoms with Crippen molar-refractivity contribution in [3.63, 3.8) is 0 Å². The quantitative estimate of drug-likeness (QED) is 0.445. The number of aromatic nitrogens is 2. The topological polar surface area (TPSA) is 67.3 Å². The summed E-state index contributed by atoms with van der Waals surface area (Å²) in [7, 11) is 2.03. The highest BCUT2D eigenvalue weighted by molar-refractivity contribution is 5.46. The van der Waals surface area contributed by atoms with Gasteiger partial charge in [0.2, 0.25) is 6.33 Å². The van der Waals surface area contributed by atoms with Crippen LogP contribution >= 0.6 is 0 Å². The van der Waals surface area contributed by atoms with E-state index in [4.69, 9.17) is 10.7 Å². The van der Waals surface area contributed by atoms with Crippen molar-refractivity contribution in [3.8, 4) is 6.19 Å². The molecule has 0 spiro atoms. The molecule has 0 atom stereocenters. The Bertz CT molecular complexity index is 559. The Morgan fingerprint density at radius 1 is 1.39 bits per heavy atom. The first kappa shape index (κ1) is 13.4. The second-order valence-corrected chi connectivity index (χ2v) is 3.55. The zero-order valence-electron chi connectivity index (χ0n) is 10.1. The van der Waals surface area contributed by atoms with Crippen molar-refractivity contribution < 1.29 is 4.57 Å². The Kier molecular flexibility index (Phi) is 5.61. The van der Waals surface area contributed by atoms with E-state index in [-0.39, 0.29) is 0 Å². The van der Waals surface area contributed by atoms with Gasteiger partial charge in [-0.05, 0) is 5.56 Å². The lowest BCUT2D eigenvalue weighted by molar-refractivity contribution is -0.671. The molecule has 0 radical (unpaired) electrons. The third-order valence-corrected chi connectivity index (χ3v) is 2.13. The van der Waals surface area contributed by atoms with Crippen LogP contribution < -0.4 is 4.57 Å². The summed E-state index contributed by atoms with van der Waals surface area (Å²) in [6.45, 7) is 0.946. The van der Waals surface area contributed by atoms with Crippen molar-refractivity contribution in [3.05, 3.63) is 60.0 Å². The fourth-order valence-electron chi connectivity index (χ4n) is 1.41. The van der Waals surface area contributed by atoms with Crippen LogP contribution in [0.3, 0.4) is 0 Å². The summed E-state index contributed by atoms with van der Waals surface area (Å²) in [5.41, 5.74) is 1.33. The number of nitrogens with zero attached hydrogens (tertiary/aromatic N) is 5. The summed E-state index contributed by atoms with van der Waals surface area (Å²) in [4.78, 5) is 2.58. The Morgan fingerprint density at radius 3 is 2.56 bits per heavy atom. The molecular formula is C13H13N5. The molecule has 0 unspecified atom stereocenters. The van der Waals surface area contributed by atoms with Gasteiger partial charge in [0.15, 0.2) is 0 Å². The lowest BCUT2D eigenvalue weighted by Gasteiger charge is -1.95. The third-order valence-electron chi connectivity index (χ3n) is 2.13. The Morgan fingerprint density at radius 2 is 2.11 bits per heavy atom. The molecule has 0 saturated heterocycles. The minimum Gasteiger partial charge on any atom is -0.422 e. The van der Waals surface area contributed by atoms with E-state index in [1.807, 2.05) is 23.9 Å². The number of hydrogen-bond donors (Lipinski definition) is 0. The number of aliphatic imine (C=N–C) groups is 1. The van der Waals surface area contributed by atoms with E-state index >= 15 is 0 Å². The van der Waals surface area contributed by atoms with Gasteiger partial charge in [-0.3, -0.25) is 0 Å². The molecule has 90 valence electrons. The number of benzene rings is 1. The molecule has 5 heteroatoms. The molecule has 0 aliphatic carbocycles. The van der Waals surface area contributed by atoms with Gasteiger partial charge in [0.25, 0.3) is 0 Å². The standard InChI is InChI=1S/C11H13N2.C2N3/c1-12-7-8-13(10-12)9-11-5-3-2-4-6-11;3-1-5-2-4/h2-8,10H,9H2,1H3;/q+1;-1. The van der Waals surface area contributed by atoms with Crippen LogP contribution in [0.1, 0.15) is 5.56 Å². The number of hydrogen-bond acceptors (Lipinski definition) is 2. The highest BCUT2D eigenvalue weighted by Gasteiger charge is 1.99. The van der Waals surface area contributed by atoms with Gasteiger partial charge in [-0.15, -0.1) is 6.01 Å². The van der Waals surface area contributed by atoms with Gasteiger partial charge in [-0.2, -0.15) is 5.26 Å². The van der Waals surface area contributed by atoms with Crippen LogP contribution in [0.25, 0.3) is 5.41 Å². The van der Waals surface area contributed by atoms with E-state index in [2.05, 4.69) is 46.3 Å². The predicted octanol–water partition coefficient (Wildman–Crippen LogP) is 1.57. The zero-order chi connectivity index (χ0) is 13.2. The smallest absolute Gasteiger partial charge is 0.243 e. The molecule has 0 bridgehead atoms. The summed E-state index contributed by atoms with van der Waals surface area (Å²) in [5.74, 6) is 0. The SMILES string of the molecule is C[n+]1ccn(Cc2ccccc2)c1.N#CN=C=[N-]. The normalized spacial score (nSPS) is 8.44. The lowest BCUT2D eigenvalue weighted by Crippen LogP contribution is -2.23. The summed E-state index contributed by atoms with van der Waals surface area (Å²) in [6.07, 6.45) is 7.48. The molecule has 1 heterocycles. The van der Waals surface area contributed by atoms with Gasteiger partial charge >= 0.3 is 0 Å². The van der Waals surface area contributed by atoms with Gasteiger partial charge in [-0.1, -0.05) is 30.3 Å². The number of imidazole rings is 1. The summed E-state index contributed by atoms with van der Waals surface area (Å²) < 4.78 is 4.21. The van der Waals surface area contributed by atoms with Crippen molar-refractivity contribution >= 4 is 6.01 Å². The molecule has 0 amide bonds. The first-order chi connectivity index (χ1) is 8.76. The molecule has 2 rings (SSSR count). The van der Waals surface area contributed by atoms with Crippen molar-refractivity contribution in [2.75, 3.05) is 0 Å². The van der Waals surface area contributed by atoms with Crippen LogP contribution in [-0.2, 0) is 13.6 Å². The maximum Gasteiger partial charge on any atom is 0.243 e. The molecular weight excluding hydrogens is 226 g/mol. The molecule has 0 N–H and O–H groups in total. The van der Waals surface area contributed by atoms with E-state index in [1.165, 1.54) is 17.8 Å². The second-order valence-electron chi connectivity index (χ2n) is 3.55. The van der Waals surface area contributed by atoms with Crippen molar-refractivity contribution in [1.29, 1.82) is 5.26 Å². The van der Waals surface area contributed by atoms with E-state index < -0.39 is 0 Å². The first-order valence-corrected chi connectivity index (χ1v) is 5.29. The number of rotatable bonds is 2. The largest absolute Gasteiger partial charge is 0.422 e. The van der Waals surface area contributed by atoms with Crippen LogP contribution in [-0.4, -0.2) is 10.6 Å². The van der Waals surface area contributed by atoms with Gasteiger partial charge < -0.3 is 10.4 Å². The molecule has 5 nitrogen and oxygen atoms in total. The third kappa shape index (κ3) is 4.88.